The third kappa shape index (κ3) is 5.10. The smallest absolute Gasteiger partial charge is 0.270 e. The van der Waals surface area contributed by atoms with Gasteiger partial charge < -0.3 is 10.6 Å². The topological polar surface area (TPSA) is 80.1 Å². The number of nitrogens with zero attached hydrogens (tertiary/aromatic N) is 2. The van der Waals surface area contributed by atoms with Crippen LogP contribution in [0.5, 0.6) is 0 Å². The fraction of sp³-hybridized carbons (Fsp3) is 0.250. The van der Waals surface area contributed by atoms with Crippen molar-refractivity contribution in [2.75, 3.05) is 5.32 Å². The lowest BCUT2D eigenvalue weighted by Crippen LogP contribution is -2.35. The first-order valence-electron chi connectivity index (χ1n) is 7.38. The molecule has 1 aromatic carbocycles. The van der Waals surface area contributed by atoms with Gasteiger partial charge in [0.15, 0.2) is 10.2 Å². The standard InChI is InChI=1S/C16H18N4O2S2/c1-3-4-6-11(2)17-15(23)19-16-18-14(10-24-16)12-7-5-8-13(9-12)20(21)22/h3-5,7-11H,6H2,1-2H3,(H2,17,18,19,23). The average Bonchev–Trinajstić information content (AvgIpc) is 3.01. The van der Waals surface area contributed by atoms with E-state index in [-0.39, 0.29) is 11.7 Å². The maximum absolute atomic E-state index is 10.9. The molecule has 8 heteroatoms. The summed E-state index contributed by atoms with van der Waals surface area (Å²) in [5.74, 6) is 0. The first-order valence-corrected chi connectivity index (χ1v) is 8.67. The van der Waals surface area contributed by atoms with Crippen LogP contribution in [-0.2, 0) is 0 Å². The predicted molar refractivity (Wildman–Crippen MR) is 102 cm³/mol. The van der Waals surface area contributed by atoms with Gasteiger partial charge in [0.05, 0.1) is 10.6 Å². The van der Waals surface area contributed by atoms with Crippen molar-refractivity contribution >= 4 is 39.5 Å². The lowest BCUT2D eigenvalue weighted by atomic mass is 10.1. The van der Waals surface area contributed by atoms with Gasteiger partial charge in [0, 0.05) is 29.1 Å². The molecule has 0 aliphatic heterocycles. The number of aromatic nitrogens is 1. The molecule has 0 saturated carbocycles. The highest BCUT2D eigenvalue weighted by atomic mass is 32.1. The molecule has 0 aliphatic rings. The van der Waals surface area contributed by atoms with Gasteiger partial charge in [-0.2, -0.15) is 0 Å². The SMILES string of the molecule is CC=CCC(C)NC(=S)Nc1nc(-c2cccc([N+](=O)[O-])c2)cs1. The Bertz CT molecular complexity index is 758. The molecule has 0 amide bonds. The number of nitro groups is 1. The molecular weight excluding hydrogens is 344 g/mol. The van der Waals surface area contributed by atoms with E-state index in [0.717, 1.165) is 6.42 Å². The molecule has 2 aromatic rings. The number of nitrogens with one attached hydrogen (secondary N) is 2. The van der Waals surface area contributed by atoms with Crippen LogP contribution in [0.4, 0.5) is 10.8 Å². The van der Waals surface area contributed by atoms with E-state index in [0.29, 0.717) is 21.5 Å². The van der Waals surface area contributed by atoms with Crippen molar-refractivity contribution in [1.82, 2.24) is 10.3 Å². The highest BCUT2D eigenvalue weighted by Gasteiger charge is 2.11. The second-order valence-electron chi connectivity index (χ2n) is 5.15. The zero-order chi connectivity index (χ0) is 17.5. The summed E-state index contributed by atoms with van der Waals surface area (Å²) < 4.78 is 0. The number of rotatable bonds is 6. The minimum atomic E-state index is -0.416. The second kappa shape index (κ2) is 8.51. The number of nitro benzene ring substituents is 1. The van der Waals surface area contributed by atoms with Gasteiger partial charge in [-0.3, -0.25) is 10.1 Å². The number of non-ortho nitro benzene ring substituents is 1. The Morgan fingerprint density at radius 1 is 1.54 bits per heavy atom. The second-order valence-corrected chi connectivity index (χ2v) is 6.42. The molecule has 0 spiro atoms. The van der Waals surface area contributed by atoms with Crippen LogP contribution < -0.4 is 10.6 Å². The Kier molecular flexibility index (Phi) is 6.39. The van der Waals surface area contributed by atoms with Crippen LogP contribution in [0, 0.1) is 10.1 Å². The number of anilines is 1. The van der Waals surface area contributed by atoms with Crippen molar-refractivity contribution < 1.29 is 4.92 Å². The Morgan fingerprint density at radius 2 is 2.33 bits per heavy atom. The highest BCUT2D eigenvalue weighted by Crippen LogP contribution is 2.27. The fourth-order valence-electron chi connectivity index (χ4n) is 2.00. The Morgan fingerprint density at radius 3 is 3.04 bits per heavy atom. The van der Waals surface area contributed by atoms with E-state index < -0.39 is 4.92 Å². The molecule has 2 rings (SSSR count). The molecule has 2 N–H and O–H groups in total. The van der Waals surface area contributed by atoms with Crippen molar-refractivity contribution in [1.29, 1.82) is 0 Å². The summed E-state index contributed by atoms with van der Waals surface area (Å²) in [6, 6.07) is 6.63. The molecule has 1 aromatic heterocycles. The van der Waals surface area contributed by atoms with Crippen LogP contribution in [0.25, 0.3) is 11.3 Å². The average molecular weight is 362 g/mol. The number of hydrogen-bond acceptors (Lipinski definition) is 5. The Labute approximate surface area is 149 Å². The monoisotopic (exact) mass is 362 g/mol. The predicted octanol–water partition coefficient (Wildman–Crippen LogP) is 4.36. The molecule has 0 bridgehead atoms. The van der Waals surface area contributed by atoms with Gasteiger partial charge in [0.1, 0.15) is 0 Å². The van der Waals surface area contributed by atoms with Gasteiger partial charge in [0.2, 0.25) is 0 Å². The van der Waals surface area contributed by atoms with Crippen molar-refractivity contribution in [3.63, 3.8) is 0 Å². The largest absolute Gasteiger partial charge is 0.360 e. The number of thiazole rings is 1. The summed E-state index contributed by atoms with van der Waals surface area (Å²) in [5, 5.41) is 20.1. The van der Waals surface area contributed by atoms with Gasteiger partial charge in [-0.25, -0.2) is 4.98 Å². The van der Waals surface area contributed by atoms with Crippen LogP contribution in [0.2, 0.25) is 0 Å². The van der Waals surface area contributed by atoms with Gasteiger partial charge in [-0.05, 0) is 32.5 Å². The van der Waals surface area contributed by atoms with Gasteiger partial charge >= 0.3 is 0 Å². The van der Waals surface area contributed by atoms with Crippen molar-refractivity contribution in [2.24, 2.45) is 0 Å². The number of benzene rings is 1. The summed E-state index contributed by atoms with van der Waals surface area (Å²) >= 11 is 6.67. The molecule has 126 valence electrons. The van der Waals surface area contributed by atoms with Crippen molar-refractivity contribution in [3.05, 3.63) is 51.9 Å². The third-order valence-electron chi connectivity index (χ3n) is 3.18. The molecule has 0 radical (unpaired) electrons. The van der Waals surface area contributed by atoms with Gasteiger partial charge in [0.25, 0.3) is 5.69 Å². The molecular formula is C16H18N4O2S2. The number of allylic oxidation sites excluding steroid dienone is 1. The lowest BCUT2D eigenvalue weighted by Gasteiger charge is -2.14. The number of hydrogen-bond donors (Lipinski definition) is 2. The van der Waals surface area contributed by atoms with Crippen LogP contribution in [-0.4, -0.2) is 21.1 Å². The Balaban J connectivity index is 2.01. The van der Waals surface area contributed by atoms with E-state index >= 15 is 0 Å². The fourth-order valence-corrected chi connectivity index (χ4v) is 3.09. The Hall–Kier alpha value is -2.32. The molecule has 1 heterocycles. The van der Waals surface area contributed by atoms with E-state index in [1.807, 2.05) is 25.3 Å². The van der Waals surface area contributed by atoms with E-state index in [2.05, 4.69) is 21.7 Å². The van der Waals surface area contributed by atoms with E-state index in [4.69, 9.17) is 12.2 Å². The normalized spacial score (nSPS) is 12.1. The third-order valence-corrected chi connectivity index (χ3v) is 4.16. The van der Waals surface area contributed by atoms with E-state index in [1.54, 1.807) is 12.1 Å². The van der Waals surface area contributed by atoms with Crippen molar-refractivity contribution in [3.8, 4) is 11.3 Å². The van der Waals surface area contributed by atoms with Crippen LogP contribution >= 0.6 is 23.6 Å². The zero-order valence-electron chi connectivity index (χ0n) is 13.4. The molecule has 1 unspecified atom stereocenters. The lowest BCUT2D eigenvalue weighted by molar-refractivity contribution is -0.384. The first kappa shape index (κ1) is 18.0. The van der Waals surface area contributed by atoms with Gasteiger partial charge in [-0.1, -0.05) is 24.3 Å². The van der Waals surface area contributed by atoms with E-state index in [1.165, 1.54) is 23.5 Å². The quantitative estimate of drug-likeness (QED) is 0.344. The highest BCUT2D eigenvalue weighted by molar-refractivity contribution is 7.80. The molecule has 6 nitrogen and oxygen atoms in total. The molecule has 1 atom stereocenters. The van der Waals surface area contributed by atoms with Crippen LogP contribution in [0.1, 0.15) is 20.3 Å². The van der Waals surface area contributed by atoms with E-state index in [9.17, 15) is 10.1 Å². The summed E-state index contributed by atoms with van der Waals surface area (Å²) in [4.78, 5) is 14.9. The zero-order valence-corrected chi connectivity index (χ0v) is 15.0. The minimum absolute atomic E-state index is 0.0463. The van der Waals surface area contributed by atoms with Gasteiger partial charge in [-0.15, -0.1) is 11.3 Å². The number of thiocarbonyl (C=S) groups is 1. The maximum Gasteiger partial charge on any atom is 0.270 e. The summed E-state index contributed by atoms with van der Waals surface area (Å²) in [5.41, 5.74) is 1.43. The summed E-state index contributed by atoms with van der Waals surface area (Å²) in [6.45, 7) is 4.03. The van der Waals surface area contributed by atoms with Crippen molar-refractivity contribution in [2.45, 2.75) is 26.3 Å². The minimum Gasteiger partial charge on any atom is -0.360 e. The molecule has 0 aliphatic carbocycles. The molecule has 24 heavy (non-hydrogen) atoms. The molecule has 0 saturated heterocycles. The van der Waals surface area contributed by atoms with Crippen LogP contribution in [0.3, 0.4) is 0 Å². The summed E-state index contributed by atoms with van der Waals surface area (Å²) in [7, 11) is 0. The molecule has 0 fully saturated rings. The maximum atomic E-state index is 10.9. The first-order chi connectivity index (χ1) is 11.5. The van der Waals surface area contributed by atoms with Crippen LogP contribution in [0.15, 0.2) is 41.8 Å². The summed E-state index contributed by atoms with van der Waals surface area (Å²) in [6.07, 6.45) is 4.96.